The van der Waals surface area contributed by atoms with Crippen LogP contribution in [-0.4, -0.2) is 54.4 Å². The van der Waals surface area contributed by atoms with Crippen molar-refractivity contribution in [3.05, 3.63) is 62.6 Å². The molecular weight excluding hydrogens is 426 g/mol. The standard InChI is InChI=1S/C23H29N5O5/c1-5-27(16-7-8-18(25-14-16)22(30)33-4)10-9-24-13-15-11-19-17(12-20(15)32-3)21(29)28(6-2)23(31)26-19/h7-8,11-12,14,24H,5-6,9-10,13H2,1-4H3,(H,26,31). The predicted molar refractivity (Wildman–Crippen MR) is 126 cm³/mol. The molecule has 0 spiro atoms. The van der Waals surface area contributed by atoms with Gasteiger partial charge in [0.25, 0.3) is 5.56 Å². The normalized spacial score (nSPS) is 10.9. The summed E-state index contributed by atoms with van der Waals surface area (Å²) < 4.78 is 11.3. The third-order valence-corrected chi connectivity index (χ3v) is 5.46. The number of likely N-dealkylation sites (N-methyl/N-ethyl adjacent to an activating group) is 1. The molecule has 176 valence electrons. The molecule has 33 heavy (non-hydrogen) atoms. The highest BCUT2D eigenvalue weighted by Crippen LogP contribution is 2.22. The van der Waals surface area contributed by atoms with Crippen LogP contribution >= 0.6 is 0 Å². The number of esters is 1. The number of nitrogens with zero attached hydrogens (tertiary/aromatic N) is 3. The predicted octanol–water partition coefficient (Wildman–Crippen LogP) is 1.52. The number of carbonyl (C=O) groups excluding carboxylic acids is 1. The zero-order valence-corrected chi connectivity index (χ0v) is 19.3. The molecule has 1 aromatic carbocycles. The first kappa shape index (κ1) is 24.0. The molecule has 3 rings (SSSR count). The minimum atomic E-state index is -0.467. The van der Waals surface area contributed by atoms with Crippen LogP contribution in [0.15, 0.2) is 40.1 Å². The molecule has 0 aliphatic carbocycles. The third-order valence-electron chi connectivity index (χ3n) is 5.46. The largest absolute Gasteiger partial charge is 0.496 e. The summed E-state index contributed by atoms with van der Waals surface area (Å²) in [6.07, 6.45) is 1.65. The number of nitrogens with one attached hydrogen (secondary N) is 2. The highest BCUT2D eigenvalue weighted by Gasteiger charge is 2.13. The summed E-state index contributed by atoms with van der Waals surface area (Å²) in [4.78, 5) is 45.3. The van der Waals surface area contributed by atoms with Gasteiger partial charge in [-0.25, -0.2) is 14.6 Å². The molecule has 2 N–H and O–H groups in total. The number of benzene rings is 1. The maximum Gasteiger partial charge on any atom is 0.356 e. The Morgan fingerprint density at radius 2 is 2.00 bits per heavy atom. The Morgan fingerprint density at radius 1 is 1.21 bits per heavy atom. The van der Waals surface area contributed by atoms with Crippen LogP contribution in [0, 0.1) is 0 Å². The second-order valence-electron chi connectivity index (χ2n) is 7.34. The number of anilines is 1. The lowest BCUT2D eigenvalue weighted by Crippen LogP contribution is -2.34. The summed E-state index contributed by atoms with van der Waals surface area (Å²) in [6.45, 7) is 6.73. The van der Waals surface area contributed by atoms with Crippen LogP contribution in [-0.2, 0) is 17.8 Å². The van der Waals surface area contributed by atoms with E-state index in [1.165, 1.54) is 7.11 Å². The summed E-state index contributed by atoms with van der Waals surface area (Å²) >= 11 is 0. The van der Waals surface area contributed by atoms with Crippen LogP contribution in [0.4, 0.5) is 5.69 Å². The molecule has 10 heteroatoms. The zero-order valence-electron chi connectivity index (χ0n) is 19.3. The van der Waals surface area contributed by atoms with Crippen molar-refractivity contribution >= 4 is 22.6 Å². The van der Waals surface area contributed by atoms with Gasteiger partial charge in [0, 0.05) is 38.3 Å². The first-order valence-electron chi connectivity index (χ1n) is 10.8. The molecule has 0 aliphatic heterocycles. The fourth-order valence-corrected chi connectivity index (χ4v) is 3.65. The van der Waals surface area contributed by atoms with Gasteiger partial charge in [-0.15, -0.1) is 0 Å². The lowest BCUT2D eigenvalue weighted by Gasteiger charge is -2.23. The van der Waals surface area contributed by atoms with E-state index < -0.39 is 11.7 Å². The maximum absolute atomic E-state index is 12.6. The molecule has 0 atom stereocenters. The van der Waals surface area contributed by atoms with Crippen molar-refractivity contribution in [2.45, 2.75) is 26.9 Å². The van der Waals surface area contributed by atoms with Gasteiger partial charge in [-0.3, -0.25) is 9.36 Å². The molecule has 0 aliphatic rings. The van der Waals surface area contributed by atoms with Crippen LogP contribution < -0.4 is 26.2 Å². The zero-order chi connectivity index (χ0) is 24.0. The number of rotatable bonds is 10. The number of carbonyl (C=O) groups is 1. The number of ether oxygens (including phenoxy) is 2. The van der Waals surface area contributed by atoms with Gasteiger partial charge in [-0.05, 0) is 38.1 Å². The van der Waals surface area contributed by atoms with Crippen LogP contribution in [0.5, 0.6) is 5.75 Å². The number of hydrogen-bond donors (Lipinski definition) is 2. The van der Waals surface area contributed by atoms with Gasteiger partial charge in [0.1, 0.15) is 11.4 Å². The number of pyridine rings is 1. The average Bonchev–Trinajstić information content (AvgIpc) is 2.83. The van der Waals surface area contributed by atoms with E-state index in [9.17, 15) is 14.4 Å². The highest BCUT2D eigenvalue weighted by molar-refractivity contribution is 5.87. The minimum Gasteiger partial charge on any atom is -0.496 e. The second-order valence-corrected chi connectivity index (χ2v) is 7.34. The number of H-pyrrole nitrogens is 1. The molecule has 10 nitrogen and oxygen atoms in total. The summed E-state index contributed by atoms with van der Waals surface area (Å²) in [6, 6.07) is 6.93. The van der Waals surface area contributed by atoms with Gasteiger partial charge >= 0.3 is 11.7 Å². The molecule has 2 aromatic heterocycles. The van der Waals surface area contributed by atoms with E-state index in [4.69, 9.17) is 4.74 Å². The molecule has 0 amide bonds. The number of fused-ring (bicyclic) bond motifs is 1. The van der Waals surface area contributed by atoms with Crippen molar-refractivity contribution in [3.8, 4) is 5.75 Å². The third kappa shape index (κ3) is 5.23. The quantitative estimate of drug-likeness (QED) is 0.349. The Balaban J connectivity index is 1.69. The van der Waals surface area contributed by atoms with Crippen LogP contribution in [0.2, 0.25) is 0 Å². The number of aromatic amines is 1. The van der Waals surface area contributed by atoms with E-state index in [0.29, 0.717) is 42.8 Å². The second kappa shape index (κ2) is 10.8. The van der Waals surface area contributed by atoms with Gasteiger partial charge in [-0.1, -0.05) is 0 Å². The number of methoxy groups -OCH3 is 2. The van der Waals surface area contributed by atoms with Crippen molar-refractivity contribution in [3.63, 3.8) is 0 Å². The lowest BCUT2D eigenvalue weighted by atomic mass is 10.1. The van der Waals surface area contributed by atoms with E-state index in [0.717, 1.165) is 22.4 Å². The topological polar surface area (TPSA) is 119 Å². The van der Waals surface area contributed by atoms with Gasteiger partial charge in [-0.2, -0.15) is 0 Å². The van der Waals surface area contributed by atoms with Crippen LogP contribution in [0.1, 0.15) is 29.9 Å². The molecule has 0 bridgehead atoms. The first-order valence-corrected chi connectivity index (χ1v) is 10.8. The van der Waals surface area contributed by atoms with Crippen molar-refractivity contribution in [1.29, 1.82) is 0 Å². The van der Waals surface area contributed by atoms with Crippen molar-refractivity contribution in [1.82, 2.24) is 19.9 Å². The van der Waals surface area contributed by atoms with Gasteiger partial charge in [0.15, 0.2) is 0 Å². The first-order chi connectivity index (χ1) is 15.9. The Kier molecular flexibility index (Phi) is 7.83. The SMILES string of the molecule is CCN(CCNCc1cc2[nH]c(=O)n(CC)c(=O)c2cc1OC)c1ccc(C(=O)OC)nc1. The van der Waals surface area contributed by atoms with E-state index in [-0.39, 0.29) is 11.3 Å². The molecule has 0 unspecified atom stereocenters. The van der Waals surface area contributed by atoms with E-state index in [1.807, 2.05) is 13.0 Å². The van der Waals surface area contributed by atoms with Crippen molar-refractivity contribution in [2.75, 3.05) is 38.8 Å². The van der Waals surface area contributed by atoms with Gasteiger partial charge < -0.3 is 24.7 Å². The monoisotopic (exact) mass is 455 g/mol. The minimum absolute atomic E-state index is 0.266. The van der Waals surface area contributed by atoms with Crippen LogP contribution in [0.25, 0.3) is 10.9 Å². The van der Waals surface area contributed by atoms with Crippen molar-refractivity contribution in [2.24, 2.45) is 0 Å². The number of aromatic nitrogens is 3. The van der Waals surface area contributed by atoms with E-state index in [2.05, 4.69) is 24.9 Å². The summed E-state index contributed by atoms with van der Waals surface area (Å²) in [5, 5.41) is 3.79. The highest BCUT2D eigenvalue weighted by atomic mass is 16.5. The lowest BCUT2D eigenvalue weighted by molar-refractivity contribution is 0.0594. The maximum atomic E-state index is 12.6. The molecule has 0 saturated carbocycles. The van der Waals surface area contributed by atoms with Gasteiger partial charge in [0.05, 0.1) is 37.0 Å². The van der Waals surface area contributed by atoms with E-state index in [1.54, 1.807) is 38.4 Å². The molecule has 0 radical (unpaired) electrons. The summed E-state index contributed by atoms with van der Waals surface area (Å²) in [7, 11) is 2.88. The Morgan fingerprint density at radius 3 is 2.61 bits per heavy atom. The summed E-state index contributed by atoms with van der Waals surface area (Å²) in [5.41, 5.74) is 1.73. The fourth-order valence-electron chi connectivity index (χ4n) is 3.65. The molecule has 2 heterocycles. The molecular formula is C23H29N5O5. The average molecular weight is 456 g/mol. The van der Waals surface area contributed by atoms with Gasteiger partial charge in [0.2, 0.25) is 0 Å². The number of hydrogen-bond acceptors (Lipinski definition) is 8. The fraction of sp³-hybridized carbons (Fsp3) is 0.391. The van der Waals surface area contributed by atoms with E-state index >= 15 is 0 Å². The Hall–Kier alpha value is -3.66. The summed E-state index contributed by atoms with van der Waals surface area (Å²) in [5.74, 6) is 0.113. The Labute approximate surface area is 191 Å². The van der Waals surface area contributed by atoms with Crippen molar-refractivity contribution < 1.29 is 14.3 Å². The molecule has 0 saturated heterocycles. The van der Waals surface area contributed by atoms with Crippen LogP contribution in [0.3, 0.4) is 0 Å². The Bertz CT molecular complexity index is 1230. The molecule has 0 fully saturated rings. The smallest absolute Gasteiger partial charge is 0.356 e. The molecule has 3 aromatic rings.